The first kappa shape index (κ1) is 20.7. The van der Waals surface area contributed by atoms with Gasteiger partial charge < -0.3 is 0 Å². The predicted octanol–water partition coefficient (Wildman–Crippen LogP) is 5.92. The average molecular weight is 563 g/mol. The molecule has 5 nitrogen and oxygen atoms in total. The highest BCUT2D eigenvalue weighted by Gasteiger charge is 2.60. The second-order valence-corrected chi connectivity index (χ2v) is 9.61. The molecule has 3 aromatic rings. The zero-order valence-corrected chi connectivity index (χ0v) is 19.8. The van der Waals surface area contributed by atoms with Crippen LogP contribution in [0.2, 0.25) is 5.02 Å². The average Bonchev–Trinajstić information content (AvgIpc) is 3.25. The Hall–Kier alpha value is -2.19. The van der Waals surface area contributed by atoms with E-state index >= 15 is 0 Å². The van der Waals surface area contributed by atoms with E-state index < -0.39 is 18.1 Å². The van der Waals surface area contributed by atoms with Crippen LogP contribution in [0.3, 0.4) is 0 Å². The second kappa shape index (κ2) is 8.06. The number of amides is 2. The number of carbonyl (C=O) groups is 2. The van der Waals surface area contributed by atoms with Gasteiger partial charge >= 0.3 is 0 Å². The van der Waals surface area contributed by atoms with Crippen molar-refractivity contribution in [2.45, 2.75) is 12.1 Å². The molecule has 8 heteroatoms. The number of fused-ring (bicyclic) bond motifs is 1. The Kier molecular flexibility index (Phi) is 5.38. The van der Waals surface area contributed by atoms with Crippen molar-refractivity contribution >= 4 is 66.6 Å². The number of nitrogens with zero attached hydrogens (tertiary/aromatic N) is 2. The molecule has 0 radical (unpaired) electrons. The lowest BCUT2D eigenvalue weighted by molar-refractivity contribution is -0.126. The fourth-order valence-corrected chi connectivity index (χ4v) is 5.02. The van der Waals surface area contributed by atoms with Crippen LogP contribution >= 0.6 is 43.5 Å². The van der Waals surface area contributed by atoms with Gasteiger partial charge in [0.05, 0.1) is 17.4 Å². The van der Waals surface area contributed by atoms with Gasteiger partial charge in [0.2, 0.25) is 5.91 Å². The van der Waals surface area contributed by atoms with Gasteiger partial charge in [-0.1, -0.05) is 67.7 Å². The van der Waals surface area contributed by atoms with Crippen LogP contribution in [-0.4, -0.2) is 17.9 Å². The molecule has 0 bridgehead atoms. The number of imide groups is 1. The molecule has 2 saturated heterocycles. The molecule has 5 rings (SSSR count). The summed E-state index contributed by atoms with van der Waals surface area (Å²) in [7, 11) is 0. The first-order valence-corrected chi connectivity index (χ1v) is 11.5. The van der Waals surface area contributed by atoms with E-state index in [4.69, 9.17) is 16.4 Å². The van der Waals surface area contributed by atoms with Crippen LogP contribution in [-0.2, 0) is 14.4 Å². The number of benzene rings is 3. The molecule has 0 aromatic heterocycles. The monoisotopic (exact) mass is 560 g/mol. The molecule has 2 aliphatic heterocycles. The van der Waals surface area contributed by atoms with Crippen molar-refractivity contribution in [2.24, 2.45) is 5.92 Å². The number of halogens is 3. The molecule has 3 atom stereocenters. The number of rotatable bonds is 3. The van der Waals surface area contributed by atoms with Gasteiger partial charge in [-0.25, -0.2) is 9.96 Å². The highest BCUT2D eigenvalue weighted by atomic mass is 79.9. The normalized spacial score (nSPS) is 22.9. The fraction of sp³-hybridized carbons (Fsp3) is 0.130. The maximum atomic E-state index is 13.6. The van der Waals surface area contributed by atoms with Gasteiger partial charge in [0.15, 0.2) is 6.10 Å². The molecule has 3 aromatic carbocycles. The van der Waals surface area contributed by atoms with E-state index in [1.165, 1.54) is 4.90 Å². The van der Waals surface area contributed by atoms with Gasteiger partial charge in [0.25, 0.3) is 5.91 Å². The summed E-state index contributed by atoms with van der Waals surface area (Å²) in [5.41, 5.74) is 2.11. The van der Waals surface area contributed by atoms with Crippen LogP contribution in [0, 0.1) is 5.92 Å². The fourth-order valence-electron chi connectivity index (χ4n) is 4.12. The third-order valence-corrected chi connectivity index (χ3v) is 6.69. The van der Waals surface area contributed by atoms with Crippen LogP contribution in [0.25, 0.3) is 0 Å². The summed E-state index contributed by atoms with van der Waals surface area (Å²) in [6.07, 6.45) is -0.911. The van der Waals surface area contributed by atoms with Crippen molar-refractivity contribution in [2.75, 3.05) is 9.96 Å². The van der Waals surface area contributed by atoms with Gasteiger partial charge in [-0.15, -0.1) is 0 Å². The molecule has 31 heavy (non-hydrogen) atoms. The molecule has 2 fully saturated rings. The maximum absolute atomic E-state index is 13.6. The molecule has 0 N–H and O–H groups in total. The highest BCUT2D eigenvalue weighted by Crippen LogP contribution is 2.48. The summed E-state index contributed by atoms with van der Waals surface area (Å²) >= 11 is 13.0. The molecule has 156 valence electrons. The standard InChI is InChI=1S/C23H15Br2ClN2O3/c24-14-3-1-5-17(11-14)27-22(29)19-20(13-7-9-16(26)10-8-13)28(31-21(19)23(27)30)18-6-2-4-15(25)12-18/h1-12,19-21H/t19-,20+,21-/m1/s1. The molecule has 0 spiro atoms. The first-order chi connectivity index (χ1) is 14.9. The molecule has 0 unspecified atom stereocenters. The molecular weight excluding hydrogens is 548 g/mol. The van der Waals surface area contributed by atoms with Crippen molar-refractivity contribution in [3.05, 3.63) is 92.3 Å². The summed E-state index contributed by atoms with van der Waals surface area (Å²) in [6, 6.07) is 21.5. The molecular formula is C23H15Br2ClN2O3. The van der Waals surface area contributed by atoms with E-state index in [0.29, 0.717) is 10.7 Å². The van der Waals surface area contributed by atoms with Gasteiger partial charge in [-0.3, -0.25) is 14.4 Å². The van der Waals surface area contributed by atoms with Crippen LogP contribution in [0.15, 0.2) is 81.7 Å². The van der Waals surface area contributed by atoms with E-state index in [-0.39, 0.29) is 11.8 Å². The smallest absolute Gasteiger partial charge is 0.266 e. The number of hydroxylamine groups is 1. The highest BCUT2D eigenvalue weighted by molar-refractivity contribution is 9.10. The summed E-state index contributed by atoms with van der Waals surface area (Å²) in [5, 5.41) is 2.26. The predicted molar refractivity (Wildman–Crippen MR) is 126 cm³/mol. The zero-order chi connectivity index (χ0) is 21.7. The van der Waals surface area contributed by atoms with E-state index in [1.54, 1.807) is 35.4 Å². The topological polar surface area (TPSA) is 49.9 Å². The first-order valence-electron chi connectivity index (χ1n) is 9.54. The van der Waals surface area contributed by atoms with Crippen LogP contribution in [0.4, 0.5) is 11.4 Å². The van der Waals surface area contributed by atoms with Gasteiger partial charge in [0.1, 0.15) is 5.92 Å². The minimum Gasteiger partial charge on any atom is -0.273 e. The lowest BCUT2D eigenvalue weighted by Gasteiger charge is -2.29. The van der Waals surface area contributed by atoms with Gasteiger partial charge in [-0.2, -0.15) is 0 Å². The Balaban J connectivity index is 1.60. The third-order valence-electron chi connectivity index (χ3n) is 5.46. The Morgan fingerprint density at radius 2 is 1.42 bits per heavy atom. The lowest BCUT2D eigenvalue weighted by atomic mass is 9.90. The van der Waals surface area contributed by atoms with E-state index in [2.05, 4.69) is 31.9 Å². The minimum absolute atomic E-state index is 0.287. The quantitative estimate of drug-likeness (QED) is 0.372. The second-order valence-electron chi connectivity index (χ2n) is 7.35. The zero-order valence-electron chi connectivity index (χ0n) is 15.9. The summed E-state index contributed by atoms with van der Waals surface area (Å²) in [6.45, 7) is 0. The van der Waals surface area contributed by atoms with Crippen LogP contribution in [0.5, 0.6) is 0 Å². The maximum Gasteiger partial charge on any atom is 0.266 e. The lowest BCUT2D eigenvalue weighted by Crippen LogP contribution is -2.37. The van der Waals surface area contributed by atoms with Crippen LogP contribution in [0.1, 0.15) is 11.6 Å². The van der Waals surface area contributed by atoms with Crippen molar-refractivity contribution < 1.29 is 14.4 Å². The number of anilines is 2. The van der Waals surface area contributed by atoms with Crippen molar-refractivity contribution in [3.63, 3.8) is 0 Å². The largest absolute Gasteiger partial charge is 0.273 e. The van der Waals surface area contributed by atoms with Gasteiger partial charge in [-0.05, 0) is 54.1 Å². The minimum atomic E-state index is -0.911. The Morgan fingerprint density at radius 1 is 0.806 bits per heavy atom. The van der Waals surface area contributed by atoms with Crippen LogP contribution < -0.4 is 9.96 Å². The molecule has 2 amide bonds. The third kappa shape index (κ3) is 3.59. The van der Waals surface area contributed by atoms with Crippen molar-refractivity contribution in [1.29, 1.82) is 0 Å². The van der Waals surface area contributed by atoms with Crippen molar-refractivity contribution in [1.82, 2.24) is 0 Å². The Morgan fingerprint density at radius 3 is 2.06 bits per heavy atom. The molecule has 2 aliphatic rings. The molecule has 0 aliphatic carbocycles. The Labute approximate surface area is 200 Å². The van der Waals surface area contributed by atoms with Gasteiger partial charge in [0, 0.05) is 14.0 Å². The van der Waals surface area contributed by atoms with Crippen molar-refractivity contribution in [3.8, 4) is 0 Å². The Bertz CT molecular complexity index is 1190. The molecule has 2 heterocycles. The summed E-state index contributed by atoms with van der Waals surface area (Å²) in [5.74, 6) is -1.35. The van der Waals surface area contributed by atoms with E-state index in [9.17, 15) is 9.59 Å². The SMILES string of the molecule is O=C1[C@H]2[C@@H](ON(c3cccc(Br)c3)[C@H]2c2ccc(Cl)cc2)C(=O)N1c1cccc(Br)c1. The van der Waals surface area contributed by atoms with E-state index in [1.807, 2.05) is 42.5 Å². The number of hydrogen-bond donors (Lipinski definition) is 0. The number of hydrogen-bond acceptors (Lipinski definition) is 4. The van der Waals surface area contributed by atoms with E-state index in [0.717, 1.165) is 20.2 Å². The number of carbonyl (C=O) groups excluding carboxylic acids is 2. The summed E-state index contributed by atoms with van der Waals surface area (Å²) < 4.78 is 1.66. The summed E-state index contributed by atoms with van der Waals surface area (Å²) in [4.78, 5) is 34.2. The molecule has 0 saturated carbocycles.